The molecule has 1 fully saturated rings. The summed E-state index contributed by atoms with van der Waals surface area (Å²) in [7, 11) is 3.89. The molecule has 0 unspecified atom stereocenters. The van der Waals surface area contributed by atoms with Gasteiger partial charge in [0.15, 0.2) is 0 Å². The minimum atomic E-state index is -0.213. The summed E-state index contributed by atoms with van der Waals surface area (Å²) in [4.78, 5) is 16.6. The van der Waals surface area contributed by atoms with Gasteiger partial charge >= 0.3 is 0 Å². The van der Waals surface area contributed by atoms with Gasteiger partial charge in [-0.3, -0.25) is 4.79 Å². The third-order valence-corrected chi connectivity index (χ3v) is 4.62. The average Bonchev–Trinajstić information content (AvgIpc) is 2.69. The number of nitrogens with zero attached hydrogens (tertiary/aromatic N) is 3. The lowest BCUT2D eigenvalue weighted by molar-refractivity contribution is 0.0955. The molecular weight excluding hydrogens is 324 g/mol. The van der Waals surface area contributed by atoms with E-state index in [9.17, 15) is 4.79 Å². The van der Waals surface area contributed by atoms with Crippen LogP contribution in [0, 0.1) is 0 Å². The normalized spacial score (nSPS) is 14.5. The highest BCUT2D eigenvalue weighted by atomic mass is 16.2. The van der Waals surface area contributed by atoms with E-state index in [1.54, 1.807) is 12.3 Å². The molecule has 0 bridgehead atoms. The van der Waals surface area contributed by atoms with Crippen molar-refractivity contribution in [3.8, 4) is 0 Å². The molecule has 0 aromatic heterocycles. The van der Waals surface area contributed by atoms with Crippen molar-refractivity contribution in [2.24, 2.45) is 5.10 Å². The minimum absolute atomic E-state index is 0.213. The summed E-state index contributed by atoms with van der Waals surface area (Å²) in [6.45, 7) is 2.27. The van der Waals surface area contributed by atoms with Crippen molar-refractivity contribution in [2.75, 3.05) is 37.0 Å². The van der Waals surface area contributed by atoms with Crippen LogP contribution in [0.25, 0.3) is 0 Å². The van der Waals surface area contributed by atoms with Gasteiger partial charge in [-0.2, -0.15) is 5.10 Å². The smallest absolute Gasteiger partial charge is 0.271 e. The number of hydrazone groups is 1. The summed E-state index contributed by atoms with van der Waals surface area (Å²) in [6, 6.07) is 15.8. The maximum Gasteiger partial charge on any atom is 0.271 e. The second-order valence-electron chi connectivity index (χ2n) is 6.78. The van der Waals surface area contributed by atoms with Crippen molar-refractivity contribution in [3.63, 3.8) is 0 Å². The second kappa shape index (κ2) is 8.52. The Morgan fingerprint density at radius 2 is 1.81 bits per heavy atom. The number of carbonyl (C=O) groups excluding carboxylic acids is 1. The topological polar surface area (TPSA) is 47.9 Å². The third-order valence-electron chi connectivity index (χ3n) is 4.62. The summed E-state index contributed by atoms with van der Waals surface area (Å²) in [6.07, 6.45) is 5.54. The highest BCUT2D eigenvalue weighted by Crippen LogP contribution is 2.19. The first kappa shape index (κ1) is 18.0. The van der Waals surface area contributed by atoms with E-state index in [-0.39, 0.29) is 5.91 Å². The van der Waals surface area contributed by atoms with Gasteiger partial charge in [0.2, 0.25) is 0 Å². The van der Waals surface area contributed by atoms with Crippen molar-refractivity contribution in [1.82, 2.24) is 5.43 Å². The fourth-order valence-corrected chi connectivity index (χ4v) is 3.08. The molecule has 0 radical (unpaired) electrons. The molecular formula is C21H26N4O. The monoisotopic (exact) mass is 350 g/mol. The minimum Gasteiger partial charge on any atom is -0.378 e. The highest BCUT2D eigenvalue weighted by molar-refractivity contribution is 5.95. The molecule has 1 N–H and O–H groups in total. The molecule has 1 aliphatic rings. The summed E-state index contributed by atoms with van der Waals surface area (Å²) >= 11 is 0. The van der Waals surface area contributed by atoms with Gasteiger partial charge in [-0.25, -0.2) is 5.43 Å². The van der Waals surface area contributed by atoms with E-state index >= 15 is 0 Å². The first-order valence-corrected chi connectivity index (χ1v) is 9.09. The lowest BCUT2D eigenvalue weighted by Gasteiger charge is -2.28. The van der Waals surface area contributed by atoms with Gasteiger partial charge in [0.05, 0.1) is 6.21 Å². The Labute approximate surface area is 155 Å². The molecule has 0 saturated carbocycles. The average molecular weight is 350 g/mol. The van der Waals surface area contributed by atoms with Crippen LogP contribution in [0.3, 0.4) is 0 Å². The molecule has 2 aromatic rings. The summed E-state index contributed by atoms with van der Waals surface area (Å²) < 4.78 is 0. The van der Waals surface area contributed by atoms with Crippen LogP contribution in [0.15, 0.2) is 53.6 Å². The quantitative estimate of drug-likeness (QED) is 0.663. The Bertz CT molecular complexity index is 762. The van der Waals surface area contributed by atoms with Crippen LogP contribution in [-0.2, 0) is 0 Å². The predicted molar refractivity (Wildman–Crippen MR) is 108 cm³/mol. The molecule has 0 spiro atoms. The zero-order valence-electron chi connectivity index (χ0n) is 15.5. The summed E-state index contributed by atoms with van der Waals surface area (Å²) in [5.41, 5.74) is 6.39. The summed E-state index contributed by atoms with van der Waals surface area (Å²) in [5.74, 6) is -0.213. The number of benzene rings is 2. The number of nitrogens with one attached hydrogen (secondary N) is 1. The van der Waals surface area contributed by atoms with E-state index in [0.717, 1.165) is 24.3 Å². The number of hydrogen-bond acceptors (Lipinski definition) is 4. The Hall–Kier alpha value is -2.82. The van der Waals surface area contributed by atoms with Crippen LogP contribution >= 0.6 is 0 Å². The maximum atomic E-state index is 12.2. The molecule has 0 aliphatic carbocycles. The highest BCUT2D eigenvalue weighted by Gasteiger charge is 2.10. The van der Waals surface area contributed by atoms with E-state index in [0.29, 0.717) is 5.56 Å². The van der Waals surface area contributed by atoms with Crippen molar-refractivity contribution >= 4 is 23.5 Å². The number of hydrogen-bond donors (Lipinski definition) is 1. The molecule has 5 nitrogen and oxygen atoms in total. The first-order valence-electron chi connectivity index (χ1n) is 9.09. The zero-order valence-corrected chi connectivity index (χ0v) is 15.5. The van der Waals surface area contributed by atoms with Gasteiger partial charge < -0.3 is 9.80 Å². The lowest BCUT2D eigenvalue weighted by atomic mass is 10.1. The number of rotatable bonds is 5. The fraction of sp³-hybridized carbons (Fsp3) is 0.333. The fourth-order valence-electron chi connectivity index (χ4n) is 3.08. The maximum absolute atomic E-state index is 12.2. The first-order chi connectivity index (χ1) is 12.6. The van der Waals surface area contributed by atoms with E-state index < -0.39 is 0 Å². The van der Waals surface area contributed by atoms with Gasteiger partial charge in [-0.15, -0.1) is 0 Å². The summed E-state index contributed by atoms with van der Waals surface area (Å²) in [5, 5.41) is 4.08. The molecule has 1 aliphatic heterocycles. The Morgan fingerprint density at radius 3 is 2.50 bits per heavy atom. The van der Waals surface area contributed by atoms with Crippen LogP contribution in [0.2, 0.25) is 0 Å². The molecule has 1 amide bonds. The van der Waals surface area contributed by atoms with E-state index in [1.165, 1.54) is 24.9 Å². The number of piperidine rings is 1. The van der Waals surface area contributed by atoms with Crippen molar-refractivity contribution < 1.29 is 4.79 Å². The molecule has 1 saturated heterocycles. The van der Waals surface area contributed by atoms with Gasteiger partial charge in [-0.05, 0) is 55.2 Å². The largest absolute Gasteiger partial charge is 0.378 e. The van der Waals surface area contributed by atoms with Crippen LogP contribution < -0.4 is 15.2 Å². The molecule has 5 heteroatoms. The third kappa shape index (κ3) is 4.63. The van der Waals surface area contributed by atoms with E-state index in [1.807, 2.05) is 49.3 Å². The van der Waals surface area contributed by atoms with Crippen molar-refractivity contribution in [3.05, 3.63) is 59.7 Å². The van der Waals surface area contributed by atoms with Gasteiger partial charge in [0.25, 0.3) is 5.91 Å². The number of amides is 1. The Kier molecular flexibility index (Phi) is 5.89. The number of carbonyl (C=O) groups is 1. The zero-order chi connectivity index (χ0) is 18.4. The molecule has 26 heavy (non-hydrogen) atoms. The second-order valence-corrected chi connectivity index (χ2v) is 6.78. The van der Waals surface area contributed by atoms with Crippen LogP contribution in [0.5, 0.6) is 0 Å². The molecule has 136 valence electrons. The van der Waals surface area contributed by atoms with Crippen molar-refractivity contribution in [2.45, 2.75) is 19.3 Å². The standard InChI is InChI=1S/C21H26N4O/c1-24(2)20-8-6-7-18(15-20)21(26)23-22-16-17-9-11-19(12-10-17)25-13-4-3-5-14-25/h6-12,15-16H,3-5,13-14H2,1-2H3,(H,23,26)/b22-16-. The van der Waals surface area contributed by atoms with Crippen LogP contribution in [-0.4, -0.2) is 39.3 Å². The molecule has 3 rings (SSSR count). The molecule has 1 heterocycles. The SMILES string of the molecule is CN(C)c1cccc(C(=O)N/N=C\c2ccc(N3CCCCC3)cc2)c1. The van der Waals surface area contributed by atoms with E-state index in [2.05, 4.69) is 27.6 Å². The number of anilines is 2. The predicted octanol–water partition coefficient (Wildman–Crippen LogP) is 3.51. The molecule has 2 aromatic carbocycles. The van der Waals surface area contributed by atoms with Gasteiger partial charge in [0, 0.05) is 44.1 Å². The van der Waals surface area contributed by atoms with Crippen LogP contribution in [0.1, 0.15) is 35.2 Å². The lowest BCUT2D eigenvalue weighted by Crippen LogP contribution is -2.29. The Morgan fingerprint density at radius 1 is 1.08 bits per heavy atom. The van der Waals surface area contributed by atoms with E-state index in [4.69, 9.17) is 0 Å². The van der Waals surface area contributed by atoms with Crippen LogP contribution in [0.4, 0.5) is 11.4 Å². The van der Waals surface area contributed by atoms with Gasteiger partial charge in [-0.1, -0.05) is 18.2 Å². The van der Waals surface area contributed by atoms with Crippen molar-refractivity contribution in [1.29, 1.82) is 0 Å². The Balaban J connectivity index is 1.58. The molecule has 0 atom stereocenters. The van der Waals surface area contributed by atoms with Gasteiger partial charge in [0.1, 0.15) is 0 Å².